The zero-order valence-electron chi connectivity index (χ0n) is 10.6. The Bertz CT molecular complexity index is 466. The van der Waals surface area contributed by atoms with Crippen molar-refractivity contribution in [3.63, 3.8) is 0 Å². The number of nitrogens with zero attached hydrogens (tertiary/aromatic N) is 1. The van der Waals surface area contributed by atoms with E-state index in [1.807, 2.05) is 18.2 Å². The minimum absolute atomic E-state index is 0.0272. The Morgan fingerprint density at radius 3 is 2.63 bits per heavy atom. The van der Waals surface area contributed by atoms with Gasteiger partial charge in [-0.05, 0) is 11.6 Å². The first-order valence-corrected chi connectivity index (χ1v) is 6.65. The van der Waals surface area contributed by atoms with Crippen LogP contribution in [0.5, 0.6) is 0 Å². The molecule has 5 heteroatoms. The standard InChI is InChI=1S/C14H16ClNO3/c15-13-4-2-1-3-11(13)9-19-10-14(18)16-7-5-12(17)6-8-16/h1-4H,5-10H2. The van der Waals surface area contributed by atoms with Gasteiger partial charge < -0.3 is 9.64 Å². The third kappa shape index (κ3) is 4.04. The Kier molecular flexibility index (Phi) is 4.93. The molecule has 19 heavy (non-hydrogen) atoms. The van der Waals surface area contributed by atoms with Crippen molar-refractivity contribution in [1.82, 2.24) is 4.90 Å². The number of benzene rings is 1. The summed E-state index contributed by atoms with van der Waals surface area (Å²) in [7, 11) is 0. The Balaban J connectivity index is 1.75. The van der Waals surface area contributed by atoms with Gasteiger partial charge in [0.05, 0.1) is 6.61 Å². The fraction of sp³-hybridized carbons (Fsp3) is 0.429. The van der Waals surface area contributed by atoms with E-state index < -0.39 is 0 Å². The number of piperidine rings is 1. The lowest BCUT2D eigenvalue weighted by atomic mass is 10.1. The molecule has 4 nitrogen and oxygen atoms in total. The number of rotatable bonds is 4. The third-order valence-electron chi connectivity index (χ3n) is 3.11. The first kappa shape index (κ1) is 14.0. The van der Waals surface area contributed by atoms with E-state index in [9.17, 15) is 9.59 Å². The maximum Gasteiger partial charge on any atom is 0.248 e. The van der Waals surface area contributed by atoms with E-state index in [0.29, 0.717) is 37.6 Å². The number of ether oxygens (including phenoxy) is 1. The maximum absolute atomic E-state index is 11.8. The molecule has 1 aromatic rings. The molecule has 1 fully saturated rings. The van der Waals surface area contributed by atoms with Crippen LogP contribution in [-0.4, -0.2) is 36.3 Å². The summed E-state index contributed by atoms with van der Waals surface area (Å²) in [4.78, 5) is 24.6. The highest BCUT2D eigenvalue weighted by Gasteiger charge is 2.20. The van der Waals surface area contributed by atoms with Crippen LogP contribution in [0.25, 0.3) is 0 Å². The van der Waals surface area contributed by atoms with Gasteiger partial charge in [-0.2, -0.15) is 0 Å². The molecule has 0 radical (unpaired) electrons. The van der Waals surface area contributed by atoms with Crippen LogP contribution in [0.1, 0.15) is 18.4 Å². The minimum Gasteiger partial charge on any atom is -0.367 e. The molecule has 0 aliphatic carbocycles. The second-order valence-corrected chi connectivity index (χ2v) is 4.91. The van der Waals surface area contributed by atoms with Crippen LogP contribution in [0.4, 0.5) is 0 Å². The lowest BCUT2D eigenvalue weighted by Gasteiger charge is -2.25. The van der Waals surface area contributed by atoms with Crippen LogP contribution in [0.2, 0.25) is 5.02 Å². The van der Waals surface area contributed by atoms with E-state index in [-0.39, 0.29) is 18.3 Å². The Morgan fingerprint density at radius 2 is 1.95 bits per heavy atom. The zero-order valence-corrected chi connectivity index (χ0v) is 11.4. The smallest absolute Gasteiger partial charge is 0.248 e. The normalized spacial score (nSPS) is 15.6. The number of carbonyl (C=O) groups excluding carboxylic acids is 2. The van der Waals surface area contributed by atoms with Crippen molar-refractivity contribution in [2.45, 2.75) is 19.4 Å². The summed E-state index contributed by atoms with van der Waals surface area (Å²) in [6, 6.07) is 7.38. The summed E-state index contributed by atoms with van der Waals surface area (Å²) in [5.74, 6) is 0.153. The molecule has 0 unspecified atom stereocenters. The molecule has 0 aromatic heterocycles. The van der Waals surface area contributed by atoms with Crippen LogP contribution < -0.4 is 0 Å². The lowest BCUT2D eigenvalue weighted by Crippen LogP contribution is -2.40. The molecular weight excluding hydrogens is 266 g/mol. The molecule has 0 atom stereocenters. The summed E-state index contributed by atoms with van der Waals surface area (Å²) in [5.41, 5.74) is 0.866. The summed E-state index contributed by atoms with van der Waals surface area (Å²) in [6.45, 7) is 1.36. The Labute approximate surface area is 117 Å². The summed E-state index contributed by atoms with van der Waals surface area (Å²) >= 11 is 5.99. The number of Topliss-reactive ketones (excluding diaryl/α,β-unsaturated/α-hetero) is 1. The number of amides is 1. The average molecular weight is 282 g/mol. The first-order valence-electron chi connectivity index (χ1n) is 6.27. The molecule has 1 saturated heterocycles. The van der Waals surface area contributed by atoms with E-state index in [1.165, 1.54) is 0 Å². The lowest BCUT2D eigenvalue weighted by molar-refractivity contribution is -0.139. The van der Waals surface area contributed by atoms with Crippen LogP contribution in [0.3, 0.4) is 0 Å². The second kappa shape index (κ2) is 6.68. The molecule has 0 saturated carbocycles. The van der Waals surface area contributed by atoms with Gasteiger partial charge in [-0.25, -0.2) is 0 Å². The first-order chi connectivity index (χ1) is 9.16. The molecule has 0 spiro atoms. The van der Waals surface area contributed by atoms with E-state index in [0.717, 1.165) is 5.56 Å². The molecular formula is C14H16ClNO3. The maximum atomic E-state index is 11.8. The number of hydrogen-bond acceptors (Lipinski definition) is 3. The number of halogens is 1. The molecule has 1 aliphatic heterocycles. The molecule has 1 aromatic carbocycles. The van der Waals surface area contributed by atoms with Crippen molar-refractivity contribution in [2.24, 2.45) is 0 Å². The van der Waals surface area contributed by atoms with Gasteiger partial charge in [0.1, 0.15) is 12.4 Å². The van der Waals surface area contributed by atoms with Gasteiger partial charge in [0, 0.05) is 31.0 Å². The topological polar surface area (TPSA) is 46.6 Å². The quantitative estimate of drug-likeness (QED) is 0.848. The highest BCUT2D eigenvalue weighted by molar-refractivity contribution is 6.31. The average Bonchev–Trinajstić information content (AvgIpc) is 2.41. The van der Waals surface area contributed by atoms with Gasteiger partial charge in [0.15, 0.2) is 0 Å². The number of likely N-dealkylation sites (tertiary alicyclic amines) is 1. The largest absolute Gasteiger partial charge is 0.367 e. The monoisotopic (exact) mass is 281 g/mol. The number of ketones is 1. The van der Waals surface area contributed by atoms with Gasteiger partial charge in [-0.3, -0.25) is 9.59 Å². The van der Waals surface area contributed by atoms with Crippen LogP contribution in [0.15, 0.2) is 24.3 Å². The van der Waals surface area contributed by atoms with E-state index in [4.69, 9.17) is 16.3 Å². The fourth-order valence-electron chi connectivity index (χ4n) is 1.96. The Morgan fingerprint density at radius 1 is 1.26 bits per heavy atom. The zero-order chi connectivity index (χ0) is 13.7. The SMILES string of the molecule is O=C1CCN(C(=O)COCc2ccccc2Cl)CC1. The molecule has 0 N–H and O–H groups in total. The van der Waals surface area contributed by atoms with Crippen molar-refractivity contribution >= 4 is 23.3 Å². The Hall–Kier alpha value is -1.39. The van der Waals surface area contributed by atoms with E-state index in [1.54, 1.807) is 11.0 Å². The minimum atomic E-state index is -0.0699. The molecule has 1 aliphatic rings. The van der Waals surface area contributed by atoms with Gasteiger partial charge in [0.25, 0.3) is 0 Å². The number of hydrogen-bond donors (Lipinski definition) is 0. The van der Waals surface area contributed by atoms with Crippen LogP contribution >= 0.6 is 11.6 Å². The molecule has 102 valence electrons. The van der Waals surface area contributed by atoms with Crippen LogP contribution in [0, 0.1) is 0 Å². The summed E-state index contributed by atoms with van der Waals surface area (Å²) in [6.07, 6.45) is 0.909. The predicted molar refractivity (Wildman–Crippen MR) is 71.9 cm³/mol. The highest BCUT2D eigenvalue weighted by Crippen LogP contribution is 2.15. The van der Waals surface area contributed by atoms with Gasteiger partial charge in [-0.1, -0.05) is 29.8 Å². The molecule has 1 heterocycles. The predicted octanol–water partition coefficient (Wildman–Crippen LogP) is 2.05. The molecule has 2 rings (SSSR count). The summed E-state index contributed by atoms with van der Waals surface area (Å²) in [5, 5.41) is 0.638. The fourth-order valence-corrected chi connectivity index (χ4v) is 2.15. The second-order valence-electron chi connectivity index (χ2n) is 4.50. The van der Waals surface area contributed by atoms with E-state index >= 15 is 0 Å². The van der Waals surface area contributed by atoms with Gasteiger partial charge in [-0.15, -0.1) is 0 Å². The number of carbonyl (C=O) groups is 2. The summed E-state index contributed by atoms with van der Waals surface area (Å²) < 4.78 is 5.38. The van der Waals surface area contributed by atoms with Crippen molar-refractivity contribution in [2.75, 3.05) is 19.7 Å². The van der Waals surface area contributed by atoms with Crippen molar-refractivity contribution in [1.29, 1.82) is 0 Å². The van der Waals surface area contributed by atoms with Crippen LogP contribution in [-0.2, 0) is 20.9 Å². The van der Waals surface area contributed by atoms with Crippen molar-refractivity contribution < 1.29 is 14.3 Å². The van der Waals surface area contributed by atoms with E-state index in [2.05, 4.69) is 0 Å². The molecule has 0 bridgehead atoms. The van der Waals surface area contributed by atoms with Crippen molar-refractivity contribution in [3.05, 3.63) is 34.9 Å². The third-order valence-corrected chi connectivity index (χ3v) is 3.48. The molecule has 1 amide bonds. The van der Waals surface area contributed by atoms with Gasteiger partial charge >= 0.3 is 0 Å². The van der Waals surface area contributed by atoms with Crippen molar-refractivity contribution in [3.8, 4) is 0 Å². The highest BCUT2D eigenvalue weighted by atomic mass is 35.5. The van der Waals surface area contributed by atoms with Gasteiger partial charge in [0.2, 0.25) is 5.91 Å².